The predicted molar refractivity (Wildman–Crippen MR) is 82.4 cm³/mol. The van der Waals surface area contributed by atoms with Crippen LogP contribution in [-0.2, 0) is 10.2 Å². The molecule has 20 heavy (non-hydrogen) atoms. The van der Waals surface area contributed by atoms with Crippen LogP contribution in [0.2, 0.25) is 0 Å². The van der Waals surface area contributed by atoms with E-state index < -0.39 is 16.0 Å². The maximum atomic E-state index is 13.6. The van der Waals surface area contributed by atoms with Gasteiger partial charge in [-0.25, -0.2) is 4.39 Å². The summed E-state index contributed by atoms with van der Waals surface area (Å²) < 4.78 is 41.6. The molecule has 0 aliphatic heterocycles. The Morgan fingerprint density at radius 3 is 2.70 bits per heavy atom. The zero-order valence-corrected chi connectivity index (χ0v) is 13.9. The minimum absolute atomic E-state index is 0.0632. The highest BCUT2D eigenvalue weighted by molar-refractivity contribution is 9.10. The molecule has 0 heterocycles. The van der Waals surface area contributed by atoms with Crippen molar-refractivity contribution >= 4 is 31.8 Å². The van der Waals surface area contributed by atoms with E-state index in [-0.39, 0.29) is 5.69 Å². The molecule has 5 nitrogen and oxygen atoms in total. The second-order valence-electron chi connectivity index (χ2n) is 4.26. The topological polar surface area (TPSA) is 61.4 Å². The molecule has 0 bridgehead atoms. The highest BCUT2D eigenvalue weighted by atomic mass is 79.9. The van der Waals surface area contributed by atoms with Crippen molar-refractivity contribution in [2.75, 3.05) is 31.4 Å². The standard InChI is InChI=1S/C12H19BrFN3O2S/c1-3-15-7-4-8-17(2)20(18,19)16-12-6-5-10(13)9-11(12)14/h5-6,9,15-16H,3-4,7-8H2,1-2H3. The van der Waals surface area contributed by atoms with E-state index in [9.17, 15) is 12.8 Å². The summed E-state index contributed by atoms with van der Waals surface area (Å²) in [5.74, 6) is -0.621. The van der Waals surface area contributed by atoms with Crippen molar-refractivity contribution in [2.45, 2.75) is 13.3 Å². The summed E-state index contributed by atoms with van der Waals surface area (Å²) >= 11 is 3.12. The van der Waals surface area contributed by atoms with E-state index in [1.807, 2.05) is 6.92 Å². The fourth-order valence-electron chi connectivity index (χ4n) is 1.51. The lowest BCUT2D eigenvalue weighted by Gasteiger charge is -2.18. The number of benzene rings is 1. The Morgan fingerprint density at radius 2 is 2.10 bits per heavy atom. The molecular weight excluding hydrogens is 349 g/mol. The zero-order chi connectivity index (χ0) is 15.2. The van der Waals surface area contributed by atoms with Crippen LogP contribution >= 0.6 is 15.9 Å². The summed E-state index contributed by atoms with van der Waals surface area (Å²) in [5.41, 5.74) is -0.0632. The smallest absolute Gasteiger partial charge is 0.301 e. The van der Waals surface area contributed by atoms with Crippen molar-refractivity contribution in [3.8, 4) is 0 Å². The molecule has 0 saturated heterocycles. The lowest BCUT2D eigenvalue weighted by molar-refractivity contribution is 0.459. The van der Waals surface area contributed by atoms with Crippen LogP contribution in [0.4, 0.5) is 10.1 Å². The first-order valence-electron chi connectivity index (χ1n) is 6.26. The Balaban J connectivity index is 2.64. The van der Waals surface area contributed by atoms with Crippen molar-refractivity contribution in [2.24, 2.45) is 0 Å². The minimum atomic E-state index is -3.74. The second kappa shape index (κ2) is 7.92. The highest BCUT2D eigenvalue weighted by Gasteiger charge is 2.18. The predicted octanol–water partition coefficient (Wildman–Crippen LogP) is 2.18. The highest BCUT2D eigenvalue weighted by Crippen LogP contribution is 2.20. The molecular formula is C12H19BrFN3O2S. The molecule has 0 fully saturated rings. The average molecular weight is 368 g/mol. The number of hydrogen-bond acceptors (Lipinski definition) is 3. The van der Waals surface area contributed by atoms with Gasteiger partial charge in [0.05, 0.1) is 5.69 Å². The average Bonchev–Trinajstić information content (AvgIpc) is 2.37. The summed E-state index contributed by atoms with van der Waals surface area (Å²) in [6, 6.07) is 4.17. The molecule has 0 amide bonds. The molecule has 8 heteroatoms. The maximum absolute atomic E-state index is 13.6. The van der Waals surface area contributed by atoms with Gasteiger partial charge in [-0.3, -0.25) is 4.72 Å². The molecule has 0 spiro atoms. The second-order valence-corrected chi connectivity index (χ2v) is 6.95. The van der Waals surface area contributed by atoms with Gasteiger partial charge in [0.15, 0.2) is 0 Å². The quantitative estimate of drug-likeness (QED) is 0.692. The van der Waals surface area contributed by atoms with Crippen molar-refractivity contribution in [1.29, 1.82) is 0 Å². The van der Waals surface area contributed by atoms with E-state index in [1.165, 1.54) is 23.5 Å². The number of hydrogen-bond donors (Lipinski definition) is 2. The molecule has 0 aromatic heterocycles. The first-order chi connectivity index (χ1) is 9.36. The zero-order valence-electron chi connectivity index (χ0n) is 11.5. The number of anilines is 1. The van der Waals surface area contributed by atoms with E-state index in [4.69, 9.17) is 0 Å². The molecule has 0 saturated carbocycles. The fourth-order valence-corrected chi connectivity index (χ4v) is 2.81. The van der Waals surface area contributed by atoms with Crippen molar-refractivity contribution in [3.05, 3.63) is 28.5 Å². The monoisotopic (exact) mass is 367 g/mol. The van der Waals surface area contributed by atoms with E-state index >= 15 is 0 Å². The summed E-state index contributed by atoms with van der Waals surface area (Å²) in [6.45, 7) is 3.93. The van der Waals surface area contributed by atoms with Crippen LogP contribution in [0.1, 0.15) is 13.3 Å². The van der Waals surface area contributed by atoms with Gasteiger partial charge < -0.3 is 5.32 Å². The fraction of sp³-hybridized carbons (Fsp3) is 0.500. The first kappa shape index (κ1) is 17.4. The molecule has 1 rings (SSSR count). The third-order valence-corrected chi connectivity index (χ3v) is 4.63. The Bertz CT molecular complexity index is 540. The molecule has 0 radical (unpaired) electrons. The van der Waals surface area contributed by atoms with Gasteiger partial charge in [-0.05, 0) is 37.7 Å². The molecule has 1 aromatic rings. The maximum Gasteiger partial charge on any atom is 0.301 e. The molecule has 114 valence electrons. The van der Waals surface area contributed by atoms with E-state index in [0.717, 1.165) is 13.1 Å². The number of halogens is 2. The molecule has 0 atom stereocenters. The van der Waals surface area contributed by atoms with Gasteiger partial charge in [0, 0.05) is 18.1 Å². The minimum Gasteiger partial charge on any atom is -0.317 e. The Hall–Kier alpha value is -0.700. The number of rotatable bonds is 8. The molecule has 0 aliphatic rings. The summed E-state index contributed by atoms with van der Waals surface area (Å²) in [5, 5.41) is 3.11. The van der Waals surface area contributed by atoms with Crippen LogP contribution in [-0.4, -0.2) is 39.4 Å². The SMILES string of the molecule is CCNCCCN(C)S(=O)(=O)Nc1ccc(Br)cc1F. The number of nitrogens with zero attached hydrogens (tertiary/aromatic N) is 1. The molecule has 2 N–H and O–H groups in total. The van der Waals surface area contributed by atoms with Crippen LogP contribution in [0.25, 0.3) is 0 Å². The van der Waals surface area contributed by atoms with Crippen molar-refractivity contribution in [3.63, 3.8) is 0 Å². The van der Waals surface area contributed by atoms with E-state index in [0.29, 0.717) is 17.4 Å². The third kappa shape index (κ3) is 5.35. The Morgan fingerprint density at radius 1 is 1.40 bits per heavy atom. The van der Waals surface area contributed by atoms with Gasteiger partial charge >= 0.3 is 10.2 Å². The van der Waals surface area contributed by atoms with Gasteiger partial charge in [0.2, 0.25) is 0 Å². The van der Waals surface area contributed by atoms with Crippen molar-refractivity contribution in [1.82, 2.24) is 9.62 Å². The van der Waals surface area contributed by atoms with Gasteiger partial charge in [-0.2, -0.15) is 12.7 Å². The third-order valence-electron chi connectivity index (χ3n) is 2.66. The normalized spacial score (nSPS) is 11.8. The van der Waals surface area contributed by atoms with Crippen LogP contribution in [0.15, 0.2) is 22.7 Å². The lowest BCUT2D eigenvalue weighted by Crippen LogP contribution is -2.34. The summed E-state index contributed by atoms with van der Waals surface area (Å²) in [7, 11) is -2.27. The van der Waals surface area contributed by atoms with E-state index in [2.05, 4.69) is 26.0 Å². The van der Waals surface area contributed by atoms with Crippen molar-refractivity contribution < 1.29 is 12.8 Å². The lowest BCUT2D eigenvalue weighted by atomic mass is 10.3. The molecule has 0 unspecified atom stereocenters. The van der Waals surface area contributed by atoms with Gasteiger partial charge in [-0.1, -0.05) is 22.9 Å². The first-order valence-corrected chi connectivity index (χ1v) is 8.50. The van der Waals surface area contributed by atoms with Gasteiger partial charge in [0.25, 0.3) is 0 Å². The summed E-state index contributed by atoms with van der Waals surface area (Å²) in [6.07, 6.45) is 0.689. The summed E-state index contributed by atoms with van der Waals surface area (Å²) in [4.78, 5) is 0. The van der Waals surface area contributed by atoms with Crippen LogP contribution in [0.3, 0.4) is 0 Å². The number of nitrogens with one attached hydrogen (secondary N) is 2. The molecule has 0 aliphatic carbocycles. The van der Waals surface area contributed by atoms with Crippen LogP contribution < -0.4 is 10.0 Å². The van der Waals surface area contributed by atoms with E-state index in [1.54, 1.807) is 6.07 Å². The van der Waals surface area contributed by atoms with Gasteiger partial charge in [0.1, 0.15) is 5.82 Å². The molecule has 1 aromatic carbocycles. The van der Waals surface area contributed by atoms with Gasteiger partial charge in [-0.15, -0.1) is 0 Å². The Labute approximate surface area is 127 Å². The van der Waals surface area contributed by atoms with Crippen LogP contribution in [0, 0.1) is 5.82 Å². The Kier molecular flexibility index (Phi) is 6.87. The van der Waals surface area contributed by atoms with Crippen LogP contribution in [0.5, 0.6) is 0 Å². The largest absolute Gasteiger partial charge is 0.317 e.